The average Bonchev–Trinajstić information content (AvgIpc) is 3.40. The van der Waals surface area contributed by atoms with Crippen LogP contribution in [0.15, 0.2) is 29.6 Å². The fourth-order valence-corrected chi connectivity index (χ4v) is 4.41. The van der Waals surface area contributed by atoms with Crippen LogP contribution in [-0.2, 0) is 17.8 Å². The van der Waals surface area contributed by atoms with Crippen molar-refractivity contribution in [2.45, 2.75) is 32.0 Å². The predicted octanol–water partition coefficient (Wildman–Crippen LogP) is 4.06. The Hall–Kier alpha value is -1.96. The van der Waals surface area contributed by atoms with Gasteiger partial charge in [0.25, 0.3) is 0 Å². The van der Waals surface area contributed by atoms with Crippen LogP contribution >= 0.6 is 22.9 Å². The van der Waals surface area contributed by atoms with Gasteiger partial charge in [0.05, 0.1) is 17.7 Å². The lowest BCUT2D eigenvalue weighted by atomic mass is 10.2. The number of ether oxygens (including phenoxy) is 3. The summed E-state index contributed by atoms with van der Waals surface area (Å²) in [5.74, 6) is 1.19. The molecular weight excluding hydrogens is 400 g/mol. The minimum Gasteiger partial charge on any atom is -0.486 e. The second-order valence-electron chi connectivity index (χ2n) is 6.86. The topological polar surface area (TPSA) is 60.0 Å². The number of carbonyl (C=O) groups is 1. The number of carbonyl (C=O) groups excluding carboxylic acids is 1. The van der Waals surface area contributed by atoms with Crippen molar-refractivity contribution in [1.29, 1.82) is 0 Å². The van der Waals surface area contributed by atoms with Gasteiger partial charge in [-0.25, -0.2) is 4.79 Å². The van der Waals surface area contributed by atoms with Gasteiger partial charge in [0, 0.05) is 24.6 Å². The van der Waals surface area contributed by atoms with Gasteiger partial charge < -0.3 is 24.4 Å². The highest BCUT2D eigenvalue weighted by atomic mass is 35.5. The van der Waals surface area contributed by atoms with Gasteiger partial charge in [-0.05, 0) is 42.0 Å². The molecule has 1 fully saturated rings. The smallest absolute Gasteiger partial charge is 0.318 e. The van der Waals surface area contributed by atoms with Crippen molar-refractivity contribution in [3.05, 3.63) is 45.1 Å². The largest absolute Gasteiger partial charge is 0.486 e. The van der Waals surface area contributed by atoms with Crippen LogP contribution in [0.5, 0.6) is 11.5 Å². The van der Waals surface area contributed by atoms with Gasteiger partial charge in [0.1, 0.15) is 13.2 Å². The first kappa shape index (κ1) is 19.4. The van der Waals surface area contributed by atoms with Crippen LogP contribution in [0.2, 0.25) is 5.02 Å². The maximum absolute atomic E-state index is 12.9. The number of hydrogen-bond donors (Lipinski definition) is 1. The van der Waals surface area contributed by atoms with E-state index < -0.39 is 0 Å². The van der Waals surface area contributed by atoms with E-state index in [0.29, 0.717) is 49.4 Å². The van der Waals surface area contributed by atoms with Crippen molar-refractivity contribution in [1.82, 2.24) is 10.2 Å². The molecule has 1 atom stereocenters. The average molecular weight is 423 g/mol. The molecule has 4 rings (SSSR count). The van der Waals surface area contributed by atoms with Crippen molar-refractivity contribution < 1.29 is 19.0 Å². The Kier molecular flexibility index (Phi) is 6.24. The van der Waals surface area contributed by atoms with Gasteiger partial charge in [-0.2, -0.15) is 0 Å². The van der Waals surface area contributed by atoms with Gasteiger partial charge in [-0.15, -0.1) is 11.3 Å². The highest BCUT2D eigenvalue weighted by Gasteiger charge is 2.23. The molecule has 1 aromatic heterocycles. The molecule has 150 valence electrons. The molecule has 6 nitrogen and oxygen atoms in total. The molecule has 0 radical (unpaired) electrons. The third-order valence-corrected chi connectivity index (χ3v) is 5.90. The van der Waals surface area contributed by atoms with Crippen molar-refractivity contribution >= 4 is 29.0 Å². The van der Waals surface area contributed by atoms with Crippen molar-refractivity contribution in [3.63, 3.8) is 0 Å². The molecule has 2 aliphatic heterocycles. The van der Waals surface area contributed by atoms with Crippen LogP contribution < -0.4 is 14.8 Å². The molecule has 0 spiro atoms. The van der Waals surface area contributed by atoms with Gasteiger partial charge in [-0.1, -0.05) is 17.7 Å². The van der Waals surface area contributed by atoms with Crippen LogP contribution in [0.1, 0.15) is 23.3 Å². The summed E-state index contributed by atoms with van der Waals surface area (Å²) in [6.07, 6.45) is 2.15. The molecule has 1 N–H and O–H groups in total. The predicted molar refractivity (Wildman–Crippen MR) is 108 cm³/mol. The minimum atomic E-state index is -0.116. The Bertz CT molecular complexity index is 809. The van der Waals surface area contributed by atoms with Gasteiger partial charge in [0.15, 0.2) is 11.5 Å². The number of rotatable bonds is 6. The lowest BCUT2D eigenvalue weighted by Gasteiger charge is -2.25. The number of hydrogen-bond acceptors (Lipinski definition) is 5. The second-order valence-corrected chi connectivity index (χ2v) is 8.29. The van der Waals surface area contributed by atoms with Gasteiger partial charge in [-0.3, -0.25) is 0 Å². The standard InChI is InChI=1S/C20H23ClN2O4S/c21-17-9-14(10-18-19(17)27-7-6-26-18)11-22-20(24)23(12-15-3-1-5-25-15)13-16-4-2-8-28-16/h2,4,8-10,15H,1,3,5-7,11-13H2,(H,22,24). The zero-order valence-corrected chi connectivity index (χ0v) is 17.1. The maximum Gasteiger partial charge on any atom is 0.318 e. The molecule has 2 aromatic rings. The van der Waals surface area contributed by atoms with Crippen molar-refractivity contribution in [2.24, 2.45) is 0 Å². The minimum absolute atomic E-state index is 0.106. The van der Waals surface area contributed by atoms with Crippen LogP contribution in [0, 0.1) is 0 Å². The molecule has 3 heterocycles. The molecule has 8 heteroatoms. The van der Waals surface area contributed by atoms with Crippen LogP contribution in [0.25, 0.3) is 0 Å². The Labute approximate surface area is 173 Å². The zero-order valence-electron chi connectivity index (χ0n) is 15.5. The third-order valence-electron chi connectivity index (χ3n) is 4.76. The summed E-state index contributed by atoms with van der Waals surface area (Å²) in [5, 5.41) is 5.52. The molecule has 0 aliphatic carbocycles. The summed E-state index contributed by atoms with van der Waals surface area (Å²) in [4.78, 5) is 15.8. The van der Waals surface area contributed by atoms with E-state index in [2.05, 4.69) is 5.32 Å². The summed E-state index contributed by atoms with van der Waals surface area (Å²) in [7, 11) is 0. The van der Waals surface area contributed by atoms with Gasteiger partial charge in [0.2, 0.25) is 0 Å². The Morgan fingerprint density at radius 3 is 2.96 bits per heavy atom. The highest BCUT2D eigenvalue weighted by Crippen LogP contribution is 2.38. The maximum atomic E-state index is 12.9. The number of urea groups is 1. The van der Waals surface area contributed by atoms with Crippen LogP contribution in [0.3, 0.4) is 0 Å². The first-order valence-electron chi connectivity index (χ1n) is 9.44. The molecule has 2 amide bonds. The third kappa shape index (κ3) is 4.71. The summed E-state index contributed by atoms with van der Waals surface area (Å²) in [6.45, 7) is 3.28. The van der Waals surface area contributed by atoms with Crippen LogP contribution in [-0.4, -0.2) is 43.4 Å². The molecular formula is C20H23ClN2O4S. The van der Waals surface area contributed by atoms with E-state index in [9.17, 15) is 4.79 Å². The fourth-order valence-electron chi connectivity index (χ4n) is 3.40. The summed E-state index contributed by atoms with van der Waals surface area (Å²) >= 11 is 7.94. The summed E-state index contributed by atoms with van der Waals surface area (Å²) in [5.41, 5.74) is 0.871. The van der Waals surface area contributed by atoms with E-state index in [0.717, 1.165) is 29.9 Å². The molecule has 2 aliphatic rings. The first-order valence-corrected chi connectivity index (χ1v) is 10.7. The molecule has 1 unspecified atom stereocenters. The normalized spacial score (nSPS) is 18.1. The van der Waals surface area contributed by atoms with E-state index >= 15 is 0 Å². The summed E-state index contributed by atoms with van der Waals surface area (Å²) in [6, 6.07) is 7.60. The lowest BCUT2D eigenvalue weighted by molar-refractivity contribution is 0.0796. The summed E-state index contributed by atoms with van der Waals surface area (Å²) < 4.78 is 16.9. The van der Waals surface area contributed by atoms with Crippen molar-refractivity contribution in [3.8, 4) is 11.5 Å². The van der Waals surface area contributed by atoms with E-state index in [4.69, 9.17) is 25.8 Å². The number of fused-ring (bicyclic) bond motifs is 1. The Balaban J connectivity index is 1.41. The van der Waals surface area contributed by atoms with E-state index in [1.54, 1.807) is 17.4 Å². The highest BCUT2D eigenvalue weighted by molar-refractivity contribution is 7.09. The quantitative estimate of drug-likeness (QED) is 0.762. The number of benzene rings is 1. The van der Waals surface area contributed by atoms with E-state index in [1.807, 2.05) is 28.5 Å². The molecule has 1 aromatic carbocycles. The zero-order chi connectivity index (χ0) is 19.3. The molecule has 28 heavy (non-hydrogen) atoms. The van der Waals surface area contributed by atoms with E-state index in [-0.39, 0.29) is 12.1 Å². The fraction of sp³-hybridized carbons (Fsp3) is 0.450. The monoisotopic (exact) mass is 422 g/mol. The number of amides is 2. The number of halogens is 1. The number of thiophene rings is 1. The molecule has 0 saturated carbocycles. The number of nitrogens with zero attached hydrogens (tertiary/aromatic N) is 1. The van der Waals surface area contributed by atoms with E-state index in [1.165, 1.54) is 0 Å². The second kappa shape index (κ2) is 9.03. The lowest BCUT2D eigenvalue weighted by Crippen LogP contribution is -2.42. The Morgan fingerprint density at radius 2 is 2.18 bits per heavy atom. The SMILES string of the molecule is O=C(NCc1cc(Cl)c2c(c1)OCCO2)N(Cc1cccs1)CC1CCCO1. The Morgan fingerprint density at radius 1 is 1.29 bits per heavy atom. The van der Waals surface area contributed by atoms with Gasteiger partial charge >= 0.3 is 6.03 Å². The van der Waals surface area contributed by atoms with Crippen molar-refractivity contribution in [2.75, 3.05) is 26.4 Å². The number of nitrogens with one attached hydrogen (secondary N) is 1. The van der Waals surface area contributed by atoms with Crippen LogP contribution in [0.4, 0.5) is 4.79 Å². The molecule has 0 bridgehead atoms. The molecule has 1 saturated heterocycles. The first-order chi connectivity index (χ1) is 13.7.